The van der Waals surface area contributed by atoms with Gasteiger partial charge in [-0.2, -0.15) is 0 Å². The van der Waals surface area contributed by atoms with E-state index in [1.165, 1.54) is 0 Å². The second kappa shape index (κ2) is 8.86. The van der Waals surface area contributed by atoms with Crippen LogP contribution < -0.4 is 5.32 Å². The first kappa shape index (κ1) is 21.2. The Bertz CT molecular complexity index is 659. The molecule has 1 aromatic heterocycles. The number of likely N-dealkylation sites (tertiary alicyclic amines) is 1. The van der Waals surface area contributed by atoms with Crippen LogP contribution in [-0.4, -0.2) is 87.9 Å². The number of nitrogens with one attached hydrogen (secondary N) is 1. The third-order valence-electron chi connectivity index (χ3n) is 6.24. The molecule has 158 valence electrons. The van der Waals surface area contributed by atoms with Gasteiger partial charge in [0.15, 0.2) is 0 Å². The lowest BCUT2D eigenvalue weighted by Gasteiger charge is -2.53. The first-order valence-corrected chi connectivity index (χ1v) is 10.1. The largest absolute Gasteiger partial charge is 0.388 e. The second-order valence-corrected chi connectivity index (χ2v) is 8.19. The Hall–Kier alpha value is -1.55. The van der Waals surface area contributed by atoms with Crippen molar-refractivity contribution in [1.82, 2.24) is 25.0 Å². The van der Waals surface area contributed by atoms with Crippen LogP contribution in [0.15, 0.2) is 6.33 Å². The van der Waals surface area contributed by atoms with Crippen LogP contribution in [-0.2, 0) is 20.8 Å². The Kier molecular flexibility index (Phi) is 6.69. The summed E-state index contributed by atoms with van der Waals surface area (Å²) >= 11 is 0. The van der Waals surface area contributed by atoms with Gasteiger partial charge in [-0.1, -0.05) is 0 Å². The minimum atomic E-state index is -0.734. The molecule has 1 aromatic rings. The van der Waals surface area contributed by atoms with Gasteiger partial charge in [-0.25, -0.2) is 0 Å². The van der Waals surface area contributed by atoms with Gasteiger partial charge in [0.1, 0.15) is 18.3 Å². The van der Waals surface area contributed by atoms with Gasteiger partial charge in [-0.3, -0.25) is 4.79 Å². The summed E-state index contributed by atoms with van der Waals surface area (Å²) in [6.07, 6.45) is 3.42. The number of aliphatic hydroxyl groups is 1. The third-order valence-corrected chi connectivity index (χ3v) is 6.24. The molecule has 9 heteroatoms. The predicted molar refractivity (Wildman–Crippen MR) is 103 cm³/mol. The topological polar surface area (TPSA) is 102 Å². The number of hydrogen-bond acceptors (Lipinski definition) is 7. The number of carbonyl (C=O) groups is 1. The maximum atomic E-state index is 12.2. The van der Waals surface area contributed by atoms with Crippen molar-refractivity contribution in [2.45, 2.75) is 63.3 Å². The van der Waals surface area contributed by atoms with Gasteiger partial charge in [0.25, 0.3) is 0 Å². The van der Waals surface area contributed by atoms with E-state index in [1.54, 1.807) is 13.4 Å². The number of piperidine rings is 1. The number of aryl methyl sites for hydroxylation is 1. The summed E-state index contributed by atoms with van der Waals surface area (Å²) in [6.45, 7) is 8.26. The number of rotatable bonds is 7. The highest BCUT2D eigenvalue weighted by Crippen LogP contribution is 2.39. The molecule has 28 heavy (non-hydrogen) atoms. The Labute approximate surface area is 166 Å². The van der Waals surface area contributed by atoms with E-state index in [0.717, 1.165) is 44.8 Å². The lowest BCUT2D eigenvalue weighted by molar-refractivity contribution is -0.207. The van der Waals surface area contributed by atoms with Crippen molar-refractivity contribution in [3.05, 3.63) is 12.2 Å². The normalized spacial score (nSPS) is 27.8. The first-order chi connectivity index (χ1) is 13.4. The zero-order valence-corrected chi connectivity index (χ0v) is 17.2. The van der Waals surface area contributed by atoms with E-state index in [4.69, 9.17) is 9.47 Å². The minimum Gasteiger partial charge on any atom is -0.388 e. The molecule has 0 radical (unpaired) electrons. The summed E-state index contributed by atoms with van der Waals surface area (Å²) in [6, 6.07) is 0. The quantitative estimate of drug-likeness (QED) is 0.676. The van der Waals surface area contributed by atoms with Crippen molar-refractivity contribution < 1.29 is 19.4 Å². The molecule has 1 spiro atoms. The molecular formula is C19H33N5O4. The number of aliphatic hydroxyl groups excluding tert-OH is 1. The fourth-order valence-electron chi connectivity index (χ4n) is 4.32. The van der Waals surface area contributed by atoms with E-state index in [1.807, 2.05) is 18.4 Å². The van der Waals surface area contributed by atoms with Crippen LogP contribution in [0.25, 0.3) is 0 Å². The van der Waals surface area contributed by atoms with Crippen molar-refractivity contribution >= 4 is 5.91 Å². The van der Waals surface area contributed by atoms with Crippen molar-refractivity contribution in [1.29, 1.82) is 0 Å². The second-order valence-electron chi connectivity index (χ2n) is 8.19. The fraction of sp³-hybridized carbons (Fsp3) is 0.842. The summed E-state index contributed by atoms with van der Waals surface area (Å²) in [7, 11) is 1.58. The van der Waals surface area contributed by atoms with Gasteiger partial charge in [-0.15, -0.1) is 10.2 Å². The SMILES string of the molecule is COCCC(=O)N[C@]1(C)CCOC2(CCN(CCn3cnnc3C)CC2)[C@H]1O. The molecule has 3 heterocycles. The Morgan fingerprint density at radius 1 is 1.39 bits per heavy atom. The van der Waals surface area contributed by atoms with E-state index in [0.29, 0.717) is 26.1 Å². The molecule has 9 nitrogen and oxygen atoms in total. The van der Waals surface area contributed by atoms with E-state index in [2.05, 4.69) is 20.4 Å². The molecule has 2 fully saturated rings. The van der Waals surface area contributed by atoms with Crippen LogP contribution in [0.4, 0.5) is 0 Å². The van der Waals surface area contributed by atoms with E-state index in [9.17, 15) is 9.90 Å². The summed E-state index contributed by atoms with van der Waals surface area (Å²) in [5, 5.41) is 22.1. The fourth-order valence-corrected chi connectivity index (χ4v) is 4.32. The van der Waals surface area contributed by atoms with Crippen LogP contribution in [0.2, 0.25) is 0 Å². The Morgan fingerprint density at radius 2 is 2.14 bits per heavy atom. The summed E-state index contributed by atoms with van der Waals surface area (Å²) in [5.41, 5.74) is -1.27. The minimum absolute atomic E-state index is 0.0952. The zero-order chi connectivity index (χ0) is 20.2. The Balaban J connectivity index is 1.55. The van der Waals surface area contributed by atoms with Gasteiger partial charge in [0.2, 0.25) is 5.91 Å². The number of hydrogen-bond donors (Lipinski definition) is 2. The van der Waals surface area contributed by atoms with E-state index < -0.39 is 17.2 Å². The summed E-state index contributed by atoms with van der Waals surface area (Å²) in [5.74, 6) is 0.821. The number of ether oxygens (including phenoxy) is 2. The number of amides is 1. The number of nitrogens with zero attached hydrogens (tertiary/aromatic N) is 4. The third kappa shape index (κ3) is 4.53. The van der Waals surface area contributed by atoms with Crippen LogP contribution in [0.1, 0.15) is 38.4 Å². The van der Waals surface area contributed by atoms with Gasteiger partial charge in [-0.05, 0) is 33.1 Å². The van der Waals surface area contributed by atoms with Crippen LogP contribution in [0.5, 0.6) is 0 Å². The van der Waals surface area contributed by atoms with Crippen LogP contribution >= 0.6 is 0 Å². The van der Waals surface area contributed by atoms with Gasteiger partial charge < -0.3 is 29.4 Å². The molecule has 0 unspecified atom stereocenters. The van der Waals surface area contributed by atoms with Crippen LogP contribution in [0, 0.1) is 6.92 Å². The highest BCUT2D eigenvalue weighted by molar-refractivity contribution is 5.77. The van der Waals surface area contributed by atoms with Crippen LogP contribution in [0.3, 0.4) is 0 Å². The van der Waals surface area contributed by atoms with Gasteiger partial charge in [0, 0.05) is 46.3 Å². The molecular weight excluding hydrogens is 362 g/mol. The molecule has 2 aliphatic heterocycles. The van der Waals surface area contributed by atoms with Gasteiger partial charge in [0.05, 0.1) is 17.7 Å². The summed E-state index contributed by atoms with van der Waals surface area (Å²) < 4.78 is 13.1. The Morgan fingerprint density at radius 3 is 2.79 bits per heavy atom. The van der Waals surface area contributed by atoms with E-state index in [-0.39, 0.29) is 5.91 Å². The predicted octanol–water partition coefficient (Wildman–Crippen LogP) is 0.114. The maximum Gasteiger partial charge on any atom is 0.222 e. The molecule has 2 N–H and O–H groups in total. The lowest BCUT2D eigenvalue weighted by atomic mass is 9.73. The molecule has 0 aliphatic carbocycles. The average molecular weight is 396 g/mol. The monoisotopic (exact) mass is 395 g/mol. The van der Waals surface area contributed by atoms with Gasteiger partial charge >= 0.3 is 0 Å². The number of aromatic nitrogens is 3. The molecule has 2 saturated heterocycles. The smallest absolute Gasteiger partial charge is 0.222 e. The molecule has 0 bridgehead atoms. The number of methoxy groups -OCH3 is 1. The van der Waals surface area contributed by atoms with Crippen molar-refractivity contribution in [2.75, 3.05) is 40.0 Å². The highest BCUT2D eigenvalue weighted by Gasteiger charge is 2.53. The average Bonchev–Trinajstić information content (AvgIpc) is 3.09. The molecule has 0 aromatic carbocycles. The zero-order valence-electron chi connectivity index (χ0n) is 17.2. The van der Waals surface area contributed by atoms with E-state index >= 15 is 0 Å². The number of carbonyl (C=O) groups excluding carboxylic acids is 1. The van der Waals surface area contributed by atoms with Crippen molar-refractivity contribution in [3.63, 3.8) is 0 Å². The van der Waals surface area contributed by atoms with Crippen molar-refractivity contribution in [2.24, 2.45) is 0 Å². The maximum absolute atomic E-state index is 12.2. The first-order valence-electron chi connectivity index (χ1n) is 10.1. The molecule has 2 atom stereocenters. The van der Waals surface area contributed by atoms with Crippen molar-refractivity contribution in [3.8, 4) is 0 Å². The standard InChI is InChI=1S/C19H33N5O4/c1-15-22-20-14-24(15)11-10-23-8-5-19(6-9-23)17(26)18(2,7-13-28-19)21-16(25)4-12-27-3/h14,17,26H,4-13H2,1-3H3,(H,21,25)/t17-,18+/m0/s1. The molecule has 3 rings (SSSR count). The lowest BCUT2D eigenvalue weighted by Crippen LogP contribution is -2.69. The molecule has 0 saturated carbocycles. The highest BCUT2D eigenvalue weighted by atomic mass is 16.5. The summed E-state index contributed by atoms with van der Waals surface area (Å²) in [4.78, 5) is 14.6. The molecule has 1 amide bonds. The molecule has 2 aliphatic rings.